The SMILES string of the molecule is COc1ccccc1CNc1cc(Nc2ccccc2OC)nc(C)n1. The fourth-order valence-electron chi connectivity index (χ4n) is 2.64. The van der Waals surface area contributed by atoms with Crippen LogP contribution in [0.25, 0.3) is 0 Å². The second-order valence-electron chi connectivity index (χ2n) is 5.68. The molecule has 1 heterocycles. The summed E-state index contributed by atoms with van der Waals surface area (Å²) in [6.07, 6.45) is 0. The van der Waals surface area contributed by atoms with Crippen LogP contribution >= 0.6 is 0 Å². The van der Waals surface area contributed by atoms with Crippen LogP contribution in [0.5, 0.6) is 11.5 Å². The summed E-state index contributed by atoms with van der Waals surface area (Å²) in [4.78, 5) is 8.91. The van der Waals surface area contributed by atoms with Crippen molar-refractivity contribution >= 4 is 17.3 Å². The highest BCUT2D eigenvalue weighted by molar-refractivity contribution is 5.65. The van der Waals surface area contributed by atoms with Gasteiger partial charge in [-0.25, -0.2) is 9.97 Å². The summed E-state index contributed by atoms with van der Waals surface area (Å²) in [5.74, 6) is 3.71. The number of methoxy groups -OCH3 is 2. The van der Waals surface area contributed by atoms with Gasteiger partial charge < -0.3 is 20.1 Å². The third-order valence-electron chi connectivity index (χ3n) is 3.86. The number of nitrogens with zero attached hydrogens (tertiary/aromatic N) is 2. The van der Waals surface area contributed by atoms with Gasteiger partial charge in [-0.15, -0.1) is 0 Å². The number of nitrogens with one attached hydrogen (secondary N) is 2. The average Bonchev–Trinajstić information content (AvgIpc) is 2.66. The molecule has 0 fully saturated rings. The number of aromatic nitrogens is 2. The van der Waals surface area contributed by atoms with Crippen molar-refractivity contribution < 1.29 is 9.47 Å². The Kier molecular flexibility index (Phi) is 5.53. The first-order chi connectivity index (χ1) is 12.7. The van der Waals surface area contributed by atoms with Crippen LogP contribution in [-0.2, 0) is 6.54 Å². The fraction of sp³-hybridized carbons (Fsp3) is 0.200. The summed E-state index contributed by atoms with van der Waals surface area (Å²) in [6.45, 7) is 2.47. The first-order valence-electron chi connectivity index (χ1n) is 8.31. The minimum absolute atomic E-state index is 0.606. The van der Waals surface area contributed by atoms with E-state index in [1.807, 2.05) is 61.5 Å². The van der Waals surface area contributed by atoms with Crippen LogP contribution in [0.2, 0.25) is 0 Å². The summed E-state index contributed by atoms with van der Waals surface area (Å²) in [5.41, 5.74) is 1.91. The van der Waals surface area contributed by atoms with Crippen molar-refractivity contribution in [3.63, 3.8) is 0 Å². The Morgan fingerprint density at radius 3 is 2.27 bits per heavy atom. The van der Waals surface area contributed by atoms with Crippen LogP contribution in [0.3, 0.4) is 0 Å². The number of ether oxygens (including phenoxy) is 2. The van der Waals surface area contributed by atoms with Gasteiger partial charge in [0, 0.05) is 18.2 Å². The molecule has 26 heavy (non-hydrogen) atoms. The molecular weight excluding hydrogens is 328 g/mol. The number of para-hydroxylation sites is 3. The zero-order valence-corrected chi connectivity index (χ0v) is 15.1. The maximum atomic E-state index is 5.39. The third-order valence-corrected chi connectivity index (χ3v) is 3.86. The second kappa shape index (κ2) is 8.20. The Labute approximate surface area is 153 Å². The lowest BCUT2D eigenvalue weighted by Crippen LogP contribution is -2.06. The Morgan fingerprint density at radius 1 is 0.846 bits per heavy atom. The van der Waals surface area contributed by atoms with Gasteiger partial charge in [-0.1, -0.05) is 30.3 Å². The summed E-state index contributed by atoms with van der Waals surface area (Å²) >= 11 is 0. The lowest BCUT2D eigenvalue weighted by Gasteiger charge is -2.13. The van der Waals surface area contributed by atoms with Gasteiger partial charge in [-0.05, 0) is 25.1 Å². The zero-order valence-electron chi connectivity index (χ0n) is 15.1. The Bertz CT molecular complexity index is 883. The molecule has 134 valence electrons. The topological polar surface area (TPSA) is 68.3 Å². The van der Waals surface area contributed by atoms with Crippen molar-refractivity contribution in [3.05, 3.63) is 66.0 Å². The van der Waals surface area contributed by atoms with E-state index in [1.54, 1.807) is 14.2 Å². The number of hydrogen-bond acceptors (Lipinski definition) is 6. The largest absolute Gasteiger partial charge is 0.496 e. The molecule has 0 aliphatic rings. The number of hydrogen-bond donors (Lipinski definition) is 2. The predicted octanol–water partition coefficient (Wildman–Crippen LogP) is 4.16. The molecule has 1 aromatic heterocycles. The van der Waals surface area contributed by atoms with Gasteiger partial charge in [0.2, 0.25) is 0 Å². The van der Waals surface area contributed by atoms with Crippen molar-refractivity contribution in [1.82, 2.24) is 9.97 Å². The fourth-order valence-corrected chi connectivity index (χ4v) is 2.64. The molecule has 6 heteroatoms. The van der Waals surface area contributed by atoms with Gasteiger partial charge in [0.15, 0.2) is 0 Å². The van der Waals surface area contributed by atoms with Gasteiger partial charge in [0.1, 0.15) is 29.0 Å². The van der Waals surface area contributed by atoms with Crippen molar-refractivity contribution in [2.75, 3.05) is 24.9 Å². The Hall–Kier alpha value is -3.28. The van der Waals surface area contributed by atoms with Crippen molar-refractivity contribution in [1.29, 1.82) is 0 Å². The first kappa shape index (κ1) is 17.5. The van der Waals surface area contributed by atoms with E-state index in [1.165, 1.54) is 0 Å². The molecule has 0 bridgehead atoms. The molecule has 0 aliphatic heterocycles. The zero-order chi connectivity index (χ0) is 18.4. The van der Waals surface area contributed by atoms with Crippen LogP contribution < -0.4 is 20.1 Å². The van der Waals surface area contributed by atoms with Gasteiger partial charge in [0.25, 0.3) is 0 Å². The summed E-state index contributed by atoms with van der Waals surface area (Å²) in [5, 5.41) is 6.61. The molecular formula is C20H22N4O2. The molecule has 6 nitrogen and oxygen atoms in total. The van der Waals surface area contributed by atoms with Gasteiger partial charge in [-0.2, -0.15) is 0 Å². The van der Waals surface area contributed by atoms with E-state index in [9.17, 15) is 0 Å². The normalized spacial score (nSPS) is 10.3. The smallest absolute Gasteiger partial charge is 0.142 e. The summed E-state index contributed by atoms with van der Waals surface area (Å²) < 4.78 is 10.8. The van der Waals surface area contributed by atoms with E-state index < -0.39 is 0 Å². The maximum Gasteiger partial charge on any atom is 0.142 e. The second-order valence-corrected chi connectivity index (χ2v) is 5.68. The average molecular weight is 350 g/mol. The van der Waals surface area contributed by atoms with Gasteiger partial charge >= 0.3 is 0 Å². The highest BCUT2D eigenvalue weighted by Gasteiger charge is 2.07. The Balaban J connectivity index is 1.77. The maximum absolute atomic E-state index is 5.39. The van der Waals surface area contributed by atoms with Crippen molar-refractivity contribution in [2.24, 2.45) is 0 Å². The van der Waals surface area contributed by atoms with E-state index in [-0.39, 0.29) is 0 Å². The predicted molar refractivity (Wildman–Crippen MR) is 103 cm³/mol. The minimum atomic E-state index is 0.606. The highest BCUT2D eigenvalue weighted by atomic mass is 16.5. The highest BCUT2D eigenvalue weighted by Crippen LogP contribution is 2.27. The van der Waals surface area contributed by atoms with E-state index in [4.69, 9.17) is 9.47 Å². The van der Waals surface area contributed by atoms with E-state index in [2.05, 4.69) is 20.6 Å². The molecule has 0 saturated carbocycles. The lowest BCUT2D eigenvalue weighted by atomic mass is 10.2. The van der Waals surface area contributed by atoms with Crippen LogP contribution in [0.4, 0.5) is 17.3 Å². The minimum Gasteiger partial charge on any atom is -0.496 e. The van der Waals surface area contributed by atoms with Crippen LogP contribution in [-0.4, -0.2) is 24.2 Å². The van der Waals surface area contributed by atoms with E-state index in [0.717, 1.165) is 28.6 Å². The number of anilines is 3. The molecule has 0 saturated heterocycles. The summed E-state index contributed by atoms with van der Waals surface area (Å²) in [7, 11) is 3.31. The van der Waals surface area contributed by atoms with Crippen molar-refractivity contribution in [2.45, 2.75) is 13.5 Å². The number of rotatable bonds is 7. The molecule has 0 atom stereocenters. The monoisotopic (exact) mass is 350 g/mol. The standard InChI is InChI=1S/C20H22N4O2/c1-14-22-19(21-13-15-8-4-6-10-17(15)25-2)12-20(23-14)24-16-9-5-7-11-18(16)26-3/h4-12H,13H2,1-3H3,(H2,21,22,23,24). The third kappa shape index (κ3) is 4.22. The molecule has 3 rings (SSSR count). The molecule has 0 spiro atoms. The van der Waals surface area contributed by atoms with Crippen LogP contribution in [0.15, 0.2) is 54.6 Å². The number of benzene rings is 2. The molecule has 0 unspecified atom stereocenters. The molecule has 0 amide bonds. The van der Waals surface area contributed by atoms with Gasteiger partial charge in [0.05, 0.1) is 19.9 Å². The van der Waals surface area contributed by atoms with Crippen LogP contribution in [0, 0.1) is 6.92 Å². The molecule has 3 aromatic rings. The van der Waals surface area contributed by atoms with Gasteiger partial charge in [-0.3, -0.25) is 0 Å². The summed E-state index contributed by atoms with van der Waals surface area (Å²) in [6, 6.07) is 17.5. The molecule has 2 N–H and O–H groups in total. The Morgan fingerprint density at radius 2 is 1.50 bits per heavy atom. The molecule has 2 aromatic carbocycles. The molecule has 0 aliphatic carbocycles. The van der Waals surface area contributed by atoms with E-state index >= 15 is 0 Å². The lowest BCUT2D eigenvalue weighted by molar-refractivity contribution is 0.410. The van der Waals surface area contributed by atoms with Crippen LogP contribution in [0.1, 0.15) is 11.4 Å². The van der Waals surface area contributed by atoms with E-state index in [0.29, 0.717) is 18.2 Å². The van der Waals surface area contributed by atoms with Crippen molar-refractivity contribution in [3.8, 4) is 11.5 Å². The molecule has 0 radical (unpaired) electrons. The first-order valence-corrected chi connectivity index (χ1v) is 8.31. The number of aryl methyl sites for hydroxylation is 1. The quantitative estimate of drug-likeness (QED) is 0.667.